The number of hydrogen-bond donors (Lipinski definition) is 1. The summed E-state index contributed by atoms with van der Waals surface area (Å²) in [6, 6.07) is 5.78. The molecule has 0 aliphatic heterocycles. The molecule has 0 atom stereocenters. The van der Waals surface area contributed by atoms with E-state index in [2.05, 4.69) is 0 Å². The molecule has 0 spiro atoms. The van der Waals surface area contributed by atoms with Crippen molar-refractivity contribution in [2.45, 2.75) is 25.0 Å². The van der Waals surface area contributed by atoms with Gasteiger partial charge in [0.2, 0.25) is 0 Å². The van der Waals surface area contributed by atoms with Crippen LogP contribution in [0.3, 0.4) is 0 Å². The predicted octanol–water partition coefficient (Wildman–Crippen LogP) is 1.82. The van der Waals surface area contributed by atoms with Crippen LogP contribution >= 0.6 is 0 Å². The van der Waals surface area contributed by atoms with Crippen LogP contribution in [0.25, 0.3) is 0 Å². The van der Waals surface area contributed by atoms with Crippen molar-refractivity contribution in [3.05, 3.63) is 29.3 Å². The quantitative estimate of drug-likeness (QED) is 0.820. The Balaban J connectivity index is 2.32. The SMILES string of the molecule is COCc1cc(C2(O)CC2)ccc1OC. The molecule has 1 aliphatic carbocycles. The van der Waals surface area contributed by atoms with Gasteiger partial charge >= 0.3 is 0 Å². The first-order chi connectivity index (χ1) is 7.19. The predicted molar refractivity (Wildman–Crippen MR) is 56.8 cm³/mol. The minimum atomic E-state index is -0.589. The van der Waals surface area contributed by atoms with Gasteiger partial charge in [0.25, 0.3) is 0 Å². The molecule has 0 heterocycles. The Morgan fingerprint density at radius 2 is 2.07 bits per heavy atom. The molecule has 0 bridgehead atoms. The average molecular weight is 208 g/mol. The van der Waals surface area contributed by atoms with Crippen molar-refractivity contribution in [3.63, 3.8) is 0 Å². The van der Waals surface area contributed by atoms with Gasteiger partial charge in [0.05, 0.1) is 19.3 Å². The summed E-state index contributed by atoms with van der Waals surface area (Å²) in [7, 11) is 3.29. The molecule has 82 valence electrons. The summed E-state index contributed by atoms with van der Waals surface area (Å²) in [4.78, 5) is 0. The molecular formula is C12H16O3. The smallest absolute Gasteiger partial charge is 0.124 e. The molecule has 0 saturated heterocycles. The van der Waals surface area contributed by atoms with Crippen LogP contribution in [0.4, 0.5) is 0 Å². The molecule has 3 heteroatoms. The summed E-state index contributed by atoms with van der Waals surface area (Å²) in [5.74, 6) is 0.810. The standard InChI is InChI=1S/C12H16O3/c1-14-8-9-7-10(12(13)5-6-12)3-4-11(9)15-2/h3-4,7,13H,5-6,8H2,1-2H3. The van der Waals surface area contributed by atoms with Gasteiger partial charge in [0, 0.05) is 12.7 Å². The maximum atomic E-state index is 9.97. The third kappa shape index (κ3) is 1.98. The zero-order valence-electron chi connectivity index (χ0n) is 9.12. The topological polar surface area (TPSA) is 38.7 Å². The molecule has 0 amide bonds. The van der Waals surface area contributed by atoms with E-state index in [0.717, 1.165) is 29.7 Å². The van der Waals surface area contributed by atoms with Crippen LogP contribution in [0.5, 0.6) is 5.75 Å². The Kier molecular flexibility index (Phi) is 2.67. The number of benzene rings is 1. The molecule has 1 aromatic carbocycles. The fourth-order valence-corrected chi connectivity index (χ4v) is 1.74. The molecule has 2 rings (SSSR count). The number of rotatable bonds is 4. The fourth-order valence-electron chi connectivity index (χ4n) is 1.74. The van der Waals surface area contributed by atoms with Crippen molar-refractivity contribution in [3.8, 4) is 5.75 Å². The summed E-state index contributed by atoms with van der Waals surface area (Å²) in [5, 5.41) is 9.97. The van der Waals surface area contributed by atoms with Crippen LogP contribution in [0.15, 0.2) is 18.2 Å². The molecular weight excluding hydrogens is 192 g/mol. The molecule has 0 aromatic heterocycles. The van der Waals surface area contributed by atoms with Crippen molar-refractivity contribution in [2.24, 2.45) is 0 Å². The van der Waals surface area contributed by atoms with Crippen molar-refractivity contribution in [2.75, 3.05) is 14.2 Å². The number of methoxy groups -OCH3 is 2. The lowest BCUT2D eigenvalue weighted by Crippen LogP contribution is -2.05. The first-order valence-electron chi connectivity index (χ1n) is 5.08. The number of ether oxygens (including phenoxy) is 2. The van der Waals surface area contributed by atoms with E-state index < -0.39 is 5.60 Å². The highest BCUT2D eigenvalue weighted by molar-refractivity contribution is 5.40. The number of aliphatic hydroxyl groups is 1. The van der Waals surface area contributed by atoms with Crippen molar-refractivity contribution in [1.29, 1.82) is 0 Å². The van der Waals surface area contributed by atoms with Gasteiger partial charge < -0.3 is 14.6 Å². The van der Waals surface area contributed by atoms with Gasteiger partial charge in [-0.3, -0.25) is 0 Å². The molecule has 0 unspecified atom stereocenters. The Morgan fingerprint density at radius 3 is 2.60 bits per heavy atom. The van der Waals surface area contributed by atoms with Gasteiger partial charge in [-0.25, -0.2) is 0 Å². The van der Waals surface area contributed by atoms with E-state index in [1.807, 2.05) is 18.2 Å². The lowest BCUT2D eigenvalue weighted by atomic mass is 10.0. The van der Waals surface area contributed by atoms with Crippen LogP contribution in [0, 0.1) is 0 Å². The highest BCUT2D eigenvalue weighted by Crippen LogP contribution is 2.46. The van der Waals surface area contributed by atoms with E-state index in [1.165, 1.54) is 0 Å². The summed E-state index contributed by atoms with van der Waals surface area (Å²) in [5.41, 5.74) is 1.36. The van der Waals surface area contributed by atoms with Gasteiger partial charge in [-0.1, -0.05) is 6.07 Å². The monoisotopic (exact) mass is 208 g/mol. The largest absolute Gasteiger partial charge is 0.496 e. The van der Waals surface area contributed by atoms with Crippen LogP contribution in [-0.4, -0.2) is 19.3 Å². The molecule has 1 aliphatic rings. The summed E-state index contributed by atoms with van der Waals surface area (Å²) in [6.07, 6.45) is 1.71. The summed E-state index contributed by atoms with van der Waals surface area (Å²) < 4.78 is 10.3. The van der Waals surface area contributed by atoms with E-state index in [1.54, 1.807) is 14.2 Å². The third-order valence-corrected chi connectivity index (χ3v) is 2.84. The molecule has 1 aromatic rings. The second-order valence-corrected chi connectivity index (χ2v) is 3.99. The van der Waals surface area contributed by atoms with E-state index in [9.17, 15) is 5.11 Å². The molecule has 15 heavy (non-hydrogen) atoms. The zero-order chi connectivity index (χ0) is 10.9. The number of hydrogen-bond acceptors (Lipinski definition) is 3. The highest BCUT2D eigenvalue weighted by Gasteiger charge is 2.42. The van der Waals surface area contributed by atoms with E-state index in [-0.39, 0.29) is 0 Å². The Labute approximate surface area is 89.6 Å². The normalized spacial score (nSPS) is 17.5. The Bertz CT molecular complexity index is 356. The van der Waals surface area contributed by atoms with Crippen LogP contribution in [0.1, 0.15) is 24.0 Å². The minimum absolute atomic E-state index is 0.507. The lowest BCUT2D eigenvalue weighted by Gasteiger charge is -2.13. The van der Waals surface area contributed by atoms with Crippen molar-refractivity contribution in [1.82, 2.24) is 0 Å². The first kappa shape index (κ1) is 10.5. The van der Waals surface area contributed by atoms with Gasteiger partial charge in [-0.05, 0) is 30.5 Å². The molecule has 1 saturated carbocycles. The minimum Gasteiger partial charge on any atom is -0.496 e. The average Bonchev–Trinajstić information content (AvgIpc) is 2.98. The van der Waals surface area contributed by atoms with Gasteiger partial charge in [-0.2, -0.15) is 0 Å². The maximum absolute atomic E-state index is 9.97. The molecule has 0 radical (unpaired) electrons. The van der Waals surface area contributed by atoms with Crippen LogP contribution in [-0.2, 0) is 16.9 Å². The van der Waals surface area contributed by atoms with Crippen molar-refractivity contribution >= 4 is 0 Å². The van der Waals surface area contributed by atoms with Gasteiger partial charge in [0.15, 0.2) is 0 Å². The summed E-state index contributed by atoms with van der Waals surface area (Å²) in [6.45, 7) is 0.507. The van der Waals surface area contributed by atoms with Crippen molar-refractivity contribution < 1.29 is 14.6 Å². The van der Waals surface area contributed by atoms with E-state index >= 15 is 0 Å². The third-order valence-electron chi connectivity index (χ3n) is 2.84. The maximum Gasteiger partial charge on any atom is 0.124 e. The zero-order valence-corrected chi connectivity index (χ0v) is 9.12. The Hall–Kier alpha value is -1.06. The molecule has 3 nitrogen and oxygen atoms in total. The lowest BCUT2D eigenvalue weighted by molar-refractivity contribution is 0.150. The second kappa shape index (κ2) is 3.83. The van der Waals surface area contributed by atoms with E-state index in [4.69, 9.17) is 9.47 Å². The summed E-state index contributed by atoms with van der Waals surface area (Å²) >= 11 is 0. The highest BCUT2D eigenvalue weighted by atomic mass is 16.5. The van der Waals surface area contributed by atoms with E-state index in [0.29, 0.717) is 6.61 Å². The van der Waals surface area contributed by atoms with Crippen LogP contribution < -0.4 is 4.74 Å². The fraction of sp³-hybridized carbons (Fsp3) is 0.500. The van der Waals surface area contributed by atoms with Gasteiger partial charge in [0.1, 0.15) is 5.75 Å². The van der Waals surface area contributed by atoms with Crippen LogP contribution in [0.2, 0.25) is 0 Å². The second-order valence-electron chi connectivity index (χ2n) is 3.99. The molecule has 1 N–H and O–H groups in total. The first-order valence-corrected chi connectivity index (χ1v) is 5.08. The molecule has 1 fully saturated rings. The van der Waals surface area contributed by atoms with Gasteiger partial charge in [-0.15, -0.1) is 0 Å². The Morgan fingerprint density at radius 1 is 1.33 bits per heavy atom.